The van der Waals surface area contributed by atoms with Gasteiger partial charge >= 0.3 is 0 Å². The molecule has 0 bridgehead atoms. The van der Waals surface area contributed by atoms with Crippen molar-refractivity contribution < 1.29 is 8.91 Å². The van der Waals surface area contributed by atoms with Crippen molar-refractivity contribution in [3.05, 3.63) is 47.4 Å². The molecular weight excluding hydrogens is 295 g/mol. The second kappa shape index (κ2) is 7.19. The predicted molar refractivity (Wildman–Crippen MR) is 85.6 cm³/mol. The fourth-order valence-electron chi connectivity index (χ4n) is 3.04. The minimum absolute atomic E-state index is 0.112. The number of rotatable bonds is 5. The van der Waals surface area contributed by atoms with Crippen LogP contribution in [0.25, 0.3) is 0 Å². The first-order chi connectivity index (χ1) is 11.2. The van der Waals surface area contributed by atoms with Crippen molar-refractivity contribution in [2.45, 2.75) is 38.3 Å². The van der Waals surface area contributed by atoms with Crippen molar-refractivity contribution in [3.8, 4) is 0 Å². The second-order valence-corrected chi connectivity index (χ2v) is 6.15. The van der Waals surface area contributed by atoms with Crippen LogP contribution in [-0.2, 0) is 6.42 Å². The molecule has 124 valence electrons. The maximum absolute atomic E-state index is 12.9. The number of halogens is 1. The van der Waals surface area contributed by atoms with E-state index in [1.165, 1.54) is 25.0 Å². The van der Waals surface area contributed by atoms with E-state index in [1.807, 2.05) is 7.05 Å². The van der Waals surface area contributed by atoms with Gasteiger partial charge in [0.05, 0.1) is 6.04 Å². The Kier molecular flexibility index (Phi) is 5.03. The molecule has 2 heterocycles. The molecule has 1 aromatic heterocycles. The molecule has 2 unspecified atom stereocenters. The Hall–Kier alpha value is -1.79. The fourth-order valence-corrected chi connectivity index (χ4v) is 3.04. The normalized spacial score (nSPS) is 20.6. The van der Waals surface area contributed by atoms with Crippen LogP contribution in [-0.4, -0.2) is 41.2 Å². The van der Waals surface area contributed by atoms with E-state index in [9.17, 15) is 4.39 Å². The van der Waals surface area contributed by atoms with E-state index in [4.69, 9.17) is 4.52 Å². The molecule has 3 rings (SSSR count). The zero-order valence-electron chi connectivity index (χ0n) is 13.6. The van der Waals surface area contributed by atoms with E-state index >= 15 is 0 Å². The van der Waals surface area contributed by atoms with E-state index in [2.05, 4.69) is 27.3 Å². The third kappa shape index (κ3) is 3.95. The maximum Gasteiger partial charge on any atom is 0.243 e. The van der Waals surface area contributed by atoms with Crippen LogP contribution in [0.15, 0.2) is 28.8 Å². The van der Waals surface area contributed by atoms with Crippen molar-refractivity contribution in [1.29, 1.82) is 0 Å². The molecule has 1 saturated heterocycles. The van der Waals surface area contributed by atoms with E-state index in [0.29, 0.717) is 24.2 Å². The molecule has 0 radical (unpaired) electrons. The van der Waals surface area contributed by atoms with Crippen LogP contribution in [0.5, 0.6) is 0 Å². The van der Waals surface area contributed by atoms with Gasteiger partial charge in [-0.2, -0.15) is 4.98 Å². The highest BCUT2D eigenvalue weighted by molar-refractivity contribution is 5.19. The lowest BCUT2D eigenvalue weighted by Crippen LogP contribution is -2.45. The first-order valence-electron chi connectivity index (χ1n) is 8.14. The number of nitrogens with one attached hydrogen (secondary N) is 1. The quantitative estimate of drug-likeness (QED) is 0.918. The average molecular weight is 318 g/mol. The Bertz CT molecular complexity index is 628. The number of hydrogen-bond donors (Lipinski definition) is 1. The predicted octanol–water partition coefficient (Wildman–Crippen LogP) is 2.54. The molecular formula is C17H23FN4O. The highest BCUT2D eigenvalue weighted by atomic mass is 19.1. The summed E-state index contributed by atoms with van der Waals surface area (Å²) in [5.74, 6) is 1.06. The van der Waals surface area contributed by atoms with Gasteiger partial charge in [-0.05, 0) is 51.1 Å². The average Bonchev–Trinajstić information content (AvgIpc) is 3.05. The molecule has 1 aromatic carbocycles. The van der Waals surface area contributed by atoms with Gasteiger partial charge in [-0.1, -0.05) is 17.3 Å². The summed E-state index contributed by atoms with van der Waals surface area (Å²) in [6.45, 7) is 4.15. The van der Waals surface area contributed by atoms with Crippen LogP contribution in [0, 0.1) is 5.82 Å². The van der Waals surface area contributed by atoms with Crippen LogP contribution < -0.4 is 5.32 Å². The number of likely N-dealkylation sites (tertiary alicyclic amines) is 1. The van der Waals surface area contributed by atoms with Gasteiger partial charge in [0.25, 0.3) is 0 Å². The van der Waals surface area contributed by atoms with Crippen molar-refractivity contribution in [1.82, 2.24) is 20.4 Å². The van der Waals surface area contributed by atoms with Crippen LogP contribution in [0.1, 0.15) is 43.1 Å². The summed E-state index contributed by atoms with van der Waals surface area (Å²) in [6.07, 6.45) is 2.93. The molecule has 23 heavy (non-hydrogen) atoms. The standard InChI is InChI=1S/C17H23FN4O/c1-12(22-9-3-4-15(11-22)19-2)17-20-16(21-23-17)10-13-5-7-14(18)8-6-13/h5-8,12,15,19H,3-4,9-11H2,1-2H3. The summed E-state index contributed by atoms with van der Waals surface area (Å²) < 4.78 is 18.4. The number of aromatic nitrogens is 2. The molecule has 0 amide bonds. The Labute approximate surface area is 135 Å². The summed E-state index contributed by atoms with van der Waals surface area (Å²) in [7, 11) is 2.01. The highest BCUT2D eigenvalue weighted by Crippen LogP contribution is 2.23. The third-order valence-corrected chi connectivity index (χ3v) is 4.53. The number of benzene rings is 1. The largest absolute Gasteiger partial charge is 0.338 e. The molecule has 0 aliphatic carbocycles. The summed E-state index contributed by atoms with van der Waals surface area (Å²) >= 11 is 0. The van der Waals surface area contributed by atoms with Gasteiger partial charge in [0.1, 0.15) is 5.82 Å². The molecule has 1 fully saturated rings. The zero-order valence-corrected chi connectivity index (χ0v) is 13.6. The molecule has 1 aliphatic rings. The second-order valence-electron chi connectivity index (χ2n) is 6.15. The molecule has 1 N–H and O–H groups in total. The van der Waals surface area contributed by atoms with Crippen molar-refractivity contribution in [2.24, 2.45) is 0 Å². The lowest BCUT2D eigenvalue weighted by molar-refractivity contribution is 0.126. The van der Waals surface area contributed by atoms with E-state index in [-0.39, 0.29) is 11.9 Å². The van der Waals surface area contributed by atoms with Gasteiger partial charge in [-0.3, -0.25) is 4.90 Å². The molecule has 5 nitrogen and oxygen atoms in total. The number of piperidine rings is 1. The summed E-state index contributed by atoms with van der Waals surface area (Å²) in [5, 5.41) is 7.41. The van der Waals surface area contributed by atoms with Gasteiger partial charge in [-0.15, -0.1) is 0 Å². The lowest BCUT2D eigenvalue weighted by atomic mass is 10.0. The SMILES string of the molecule is CNC1CCCN(C(C)c2nc(Cc3ccc(F)cc3)no2)C1. The minimum Gasteiger partial charge on any atom is -0.338 e. The van der Waals surface area contributed by atoms with Crippen LogP contribution in [0.4, 0.5) is 4.39 Å². The first-order valence-corrected chi connectivity index (χ1v) is 8.14. The van der Waals surface area contributed by atoms with Crippen molar-refractivity contribution >= 4 is 0 Å². The molecule has 2 atom stereocenters. The monoisotopic (exact) mass is 318 g/mol. The van der Waals surface area contributed by atoms with Crippen molar-refractivity contribution in [3.63, 3.8) is 0 Å². The van der Waals surface area contributed by atoms with E-state index in [1.54, 1.807) is 12.1 Å². The lowest BCUT2D eigenvalue weighted by Gasteiger charge is -2.35. The molecule has 0 spiro atoms. The Morgan fingerprint density at radius 2 is 2.17 bits per heavy atom. The highest BCUT2D eigenvalue weighted by Gasteiger charge is 2.26. The van der Waals surface area contributed by atoms with Crippen LogP contribution in [0.2, 0.25) is 0 Å². The third-order valence-electron chi connectivity index (χ3n) is 4.53. The molecule has 1 aliphatic heterocycles. The topological polar surface area (TPSA) is 54.2 Å². The van der Waals surface area contributed by atoms with Crippen LogP contribution >= 0.6 is 0 Å². The summed E-state index contributed by atoms with van der Waals surface area (Å²) in [4.78, 5) is 6.90. The van der Waals surface area contributed by atoms with Gasteiger partial charge in [0, 0.05) is 19.0 Å². The van der Waals surface area contributed by atoms with Crippen molar-refractivity contribution in [2.75, 3.05) is 20.1 Å². The Morgan fingerprint density at radius 1 is 1.39 bits per heavy atom. The van der Waals surface area contributed by atoms with Crippen LogP contribution in [0.3, 0.4) is 0 Å². The zero-order chi connectivity index (χ0) is 16.2. The fraction of sp³-hybridized carbons (Fsp3) is 0.529. The summed E-state index contributed by atoms with van der Waals surface area (Å²) in [5.41, 5.74) is 0.972. The van der Waals surface area contributed by atoms with Gasteiger partial charge < -0.3 is 9.84 Å². The molecule has 6 heteroatoms. The number of hydrogen-bond acceptors (Lipinski definition) is 5. The Balaban J connectivity index is 1.65. The maximum atomic E-state index is 12.9. The Morgan fingerprint density at radius 3 is 2.91 bits per heavy atom. The van der Waals surface area contributed by atoms with Gasteiger partial charge in [0.2, 0.25) is 5.89 Å². The summed E-state index contributed by atoms with van der Waals surface area (Å²) in [6, 6.07) is 7.02. The minimum atomic E-state index is -0.236. The first kappa shape index (κ1) is 16.1. The smallest absolute Gasteiger partial charge is 0.243 e. The molecule has 0 saturated carbocycles. The van der Waals surface area contributed by atoms with E-state index in [0.717, 1.165) is 18.7 Å². The van der Waals surface area contributed by atoms with Gasteiger partial charge in [0.15, 0.2) is 5.82 Å². The van der Waals surface area contributed by atoms with Gasteiger partial charge in [-0.25, -0.2) is 4.39 Å². The molecule has 2 aromatic rings. The number of nitrogens with zero attached hydrogens (tertiary/aromatic N) is 3. The van der Waals surface area contributed by atoms with E-state index < -0.39 is 0 Å². The number of likely N-dealkylation sites (N-methyl/N-ethyl adjacent to an activating group) is 1.